The van der Waals surface area contributed by atoms with Crippen LogP contribution in [-0.2, 0) is 19.9 Å². The predicted octanol–water partition coefficient (Wildman–Crippen LogP) is 3.72. The first-order valence-corrected chi connectivity index (χ1v) is 8.29. The molecule has 1 aliphatic rings. The van der Waals surface area contributed by atoms with Crippen LogP contribution in [0.25, 0.3) is 11.2 Å². The summed E-state index contributed by atoms with van der Waals surface area (Å²) in [6.45, 7) is 11.5. The summed E-state index contributed by atoms with van der Waals surface area (Å²) in [6, 6.07) is 0.452. The first-order valence-electron chi connectivity index (χ1n) is 7.76. The first-order chi connectivity index (χ1) is 9.77. The summed E-state index contributed by atoms with van der Waals surface area (Å²) in [5.74, 6) is 1.71. The van der Waals surface area contributed by atoms with E-state index in [2.05, 4.69) is 44.3 Å². The van der Waals surface area contributed by atoms with Crippen molar-refractivity contribution in [2.24, 2.45) is 17.9 Å². The van der Waals surface area contributed by atoms with Crippen LogP contribution in [0.5, 0.6) is 0 Å². The Hall–Kier alpha value is -1.03. The minimum atomic E-state index is 0.262. The van der Waals surface area contributed by atoms with Gasteiger partial charge in [-0.2, -0.15) is 5.10 Å². The lowest BCUT2D eigenvalue weighted by atomic mass is 10.0. The molecule has 1 saturated carbocycles. The Morgan fingerprint density at radius 1 is 1.19 bits per heavy atom. The summed E-state index contributed by atoms with van der Waals surface area (Å²) in [7, 11) is 2.02. The normalized spacial score (nSPS) is 20.3. The summed E-state index contributed by atoms with van der Waals surface area (Å²) in [4.78, 5) is 4.88. The number of nitrogens with zero attached hydrogens (tertiary/aromatic N) is 4. The van der Waals surface area contributed by atoms with Gasteiger partial charge in [0.1, 0.15) is 11.3 Å². The maximum Gasteiger partial charge on any atom is 0.158 e. The van der Waals surface area contributed by atoms with E-state index in [1.54, 1.807) is 0 Å². The number of hydrogen-bond donors (Lipinski definition) is 0. The molecular formula is C16H25ClN4. The summed E-state index contributed by atoms with van der Waals surface area (Å²) < 4.78 is 4.40. The molecular weight excluding hydrogens is 284 g/mol. The van der Waals surface area contributed by atoms with Crippen LogP contribution in [0.4, 0.5) is 0 Å². The number of fused-ring (bicyclic) bond motifs is 1. The Bertz CT molecular complexity index is 679. The van der Waals surface area contributed by atoms with Crippen LogP contribution in [0.3, 0.4) is 0 Å². The fourth-order valence-electron chi connectivity index (χ4n) is 3.83. The third kappa shape index (κ3) is 1.81. The van der Waals surface area contributed by atoms with E-state index < -0.39 is 0 Å². The maximum atomic E-state index is 6.01. The van der Waals surface area contributed by atoms with E-state index in [9.17, 15) is 0 Å². The molecule has 0 aromatic carbocycles. The average Bonchev–Trinajstić information content (AvgIpc) is 2.75. The van der Waals surface area contributed by atoms with Crippen LogP contribution in [0.1, 0.15) is 52.2 Å². The number of hydrogen-bond acceptors (Lipinski definition) is 2. The van der Waals surface area contributed by atoms with Gasteiger partial charge in [0, 0.05) is 25.4 Å². The molecule has 1 aliphatic carbocycles. The highest BCUT2D eigenvalue weighted by Gasteiger charge is 2.66. The van der Waals surface area contributed by atoms with Crippen molar-refractivity contribution in [1.82, 2.24) is 19.3 Å². The standard InChI is InChI=1S/C16H25ClN4/c1-7-10-12-13(20(6)19-10)21(11(18-12)8-9-17)14-15(2,3)16(14,4)5/h14H,7-9H2,1-6H3. The molecule has 0 aliphatic heterocycles. The molecule has 4 nitrogen and oxygen atoms in total. The van der Waals surface area contributed by atoms with E-state index in [0.717, 1.165) is 35.5 Å². The van der Waals surface area contributed by atoms with E-state index in [-0.39, 0.29) is 10.8 Å². The predicted molar refractivity (Wildman–Crippen MR) is 86.9 cm³/mol. The highest BCUT2D eigenvalue weighted by atomic mass is 35.5. The monoisotopic (exact) mass is 308 g/mol. The highest BCUT2D eigenvalue weighted by molar-refractivity contribution is 6.17. The fourth-order valence-corrected chi connectivity index (χ4v) is 3.99. The van der Waals surface area contributed by atoms with Crippen LogP contribution in [0.15, 0.2) is 0 Å². The molecule has 2 aromatic rings. The smallest absolute Gasteiger partial charge is 0.158 e. The second-order valence-corrected chi connectivity index (χ2v) is 7.66. The molecule has 21 heavy (non-hydrogen) atoms. The molecule has 2 aromatic heterocycles. The van der Waals surface area contributed by atoms with Crippen molar-refractivity contribution in [2.45, 2.75) is 53.5 Å². The van der Waals surface area contributed by atoms with Crippen molar-refractivity contribution in [2.75, 3.05) is 5.88 Å². The van der Waals surface area contributed by atoms with Crippen LogP contribution < -0.4 is 0 Å². The Labute approximate surface area is 131 Å². The van der Waals surface area contributed by atoms with Gasteiger partial charge < -0.3 is 4.57 Å². The highest BCUT2D eigenvalue weighted by Crippen LogP contribution is 2.72. The second-order valence-electron chi connectivity index (χ2n) is 7.28. The van der Waals surface area contributed by atoms with E-state index >= 15 is 0 Å². The van der Waals surface area contributed by atoms with Gasteiger partial charge in [0.2, 0.25) is 0 Å². The third-order valence-electron chi connectivity index (χ3n) is 5.67. The van der Waals surface area contributed by atoms with Crippen LogP contribution >= 0.6 is 11.6 Å². The Morgan fingerprint density at radius 3 is 2.29 bits per heavy atom. The number of imidazole rings is 1. The Kier molecular flexibility index (Phi) is 3.18. The summed E-state index contributed by atoms with van der Waals surface area (Å²) in [5, 5.41) is 4.64. The first kappa shape index (κ1) is 14.9. The van der Waals surface area contributed by atoms with Crippen molar-refractivity contribution in [3.05, 3.63) is 11.5 Å². The maximum absolute atomic E-state index is 6.01. The molecule has 0 saturated heterocycles. The van der Waals surface area contributed by atoms with Gasteiger partial charge >= 0.3 is 0 Å². The van der Waals surface area contributed by atoms with Gasteiger partial charge in [-0.3, -0.25) is 4.68 Å². The summed E-state index contributed by atoms with van der Waals surface area (Å²) in [6.07, 6.45) is 1.72. The zero-order valence-corrected chi connectivity index (χ0v) is 14.6. The van der Waals surface area contributed by atoms with Crippen molar-refractivity contribution in [3.8, 4) is 0 Å². The van der Waals surface area contributed by atoms with Crippen LogP contribution in [0.2, 0.25) is 0 Å². The van der Waals surface area contributed by atoms with Gasteiger partial charge in [0.25, 0.3) is 0 Å². The SMILES string of the molecule is CCc1nn(C)c2c1nc(CCCl)n2C1C(C)(C)C1(C)C. The zero-order valence-electron chi connectivity index (χ0n) is 13.9. The molecule has 1 fully saturated rings. The van der Waals surface area contributed by atoms with Crippen LogP contribution in [0, 0.1) is 10.8 Å². The lowest BCUT2D eigenvalue weighted by Gasteiger charge is -2.11. The molecule has 0 unspecified atom stereocenters. The number of aromatic nitrogens is 4. The zero-order chi connectivity index (χ0) is 15.6. The van der Waals surface area contributed by atoms with Crippen molar-refractivity contribution >= 4 is 22.8 Å². The quantitative estimate of drug-likeness (QED) is 0.807. The minimum Gasteiger partial charge on any atom is -0.309 e. The molecule has 0 atom stereocenters. The fraction of sp³-hybridized carbons (Fsp3) is 0.750. The molecule has 116 valence electrons. The van der Waals surface area contributed by atoms with E-state index in [0.29, 0.717) is 11.9 Å². The number of alkyl halides is 1. The second kappa shape index (κ2) is 4.48. The van der Waals surface area contributed by atoms with Crippen molar-refractivity contribution < 1.29 is 0 Å². The molecule has 0 spiro atoms. The Morgan fingerprint density at radius 2 is 1.81 bits per heavy atom. The van der Waals surface area contributed by atoms with Gasteiger partial charge in [-0.25, -0.2) is 4.98 Å². The largest absolute Gasteiger partial charge is 0.309 e. The van der Waals surface area contributed by atoms with Gasteiger partial charge in [0.15, 0.2) is 5.65 Å². The number of rotatable bonds is 4. The Balaban J connectivity index is 2.25. The molecule has 0 bridgehead atoms. The van der Waals surface area contributed by atoms with Gasteiger partial charge in [-0.1, -0.05) is 34.6 Å². The third-order valence-corrected chi connectivity index (χ3v) is 5.85. The van der Waals surface area contributed by atoms with E-state index in [1.165, 1.54) is 0 Å². The van der Waals surface area contributed by atoms with Crippen LogP contribution in [-0.4, -0.2) is 25.2 Å². The number of aryl methyl sites for hydroxylation is 3. The molecule has 2 heterocycles. The number of halogens is 1. The summed E-state index contributed by atoms with van der Waals surface area (Å²) in [5.41, 5.74) is 3.81. The molecule has 5 heteroatoms. The van der Waals surface area contributed by atoms with Gasteiger partial charge in [-0.05, 0) is 17.3 Å². The molecule has 3 rings (SSSR count). The lowest BCUT2D eigenvalue weighted by Crippen LogP contribution is -2.10. The lowest BCUT2D eigenvalue weighted by molar-refractivity contribution is 0.457. The van der Waals surface area contributed by atoms with Gasteiger partial charge in [-0.15, -0.1) is 11.6 Å². The summed E-state index contributed by atoms with van der Waals surface area (Å²) >= 11 is 6.01. The molecule has 0 amide bonds. The van der Waals surface area contributed by atoms with E-state index in [4.69, 9.17) is 16.6 Å². The molecule has 0 radical (unpaired) electrons. The molecule has 0 N–H and O–H groups in total. The minimum absolute atomic E-state index is 0.262. The van der Waals surface area contributed by atoms with Gasteiger partial charge in [0.05, 0.1) is 5.69 Å². The van der Waals surface area contributed by atoms with Crippen molar-refractivity contribution in [3.63, 3.8) is 0 Å². The van der Waals surface area contributed by atoms with Crippen molar-refractivity contribution in [1.29, 1.82) is 0 Å². The topological polar surface area (TPSA) is 35.6 Å². The van der Waals surface area contributed by atoms with E-state index in [1.807, 2.05) is 11.7 Å². The average molecular weight is 309 g/mol.